The number of rotatable bonds is 2. The molecule has 0 unspecified atom stereocenters. The number of nitrogens with one attached hydrogen (secondary N) is 1. The van der Waals surface area contributed by atoms with Crippen molar-refractivity contribution in [3.8, 4) is 0 Å². The van der Waals surface area contributed by atoms with E-state index in [4.69, 9.17) is 16.7 Å². The number of anilines is 1. The van der Waals surface area contributed by atoms with Crippen molar-refractivity contribution < 1.29 is 14.8 Å². The van der Waals surface area contributed by atoms with Gasteiger partial charge in [-0.2, -0.15) is 0 Å². The van der Waals surface area contributed by atoms with Crippen molar-refractivity contribution in [3.63, 3.8) is 0 Å². The van der Waals surface area contributed by atoms with Crippen LogP contribution in [-0.2, 0) is 0 Å². The first kappa shape index (κ1) is 11.3. The summed E-state index contributed by atoms with van der Waals surface area (Å²) in [5.74, 6) is 0. The number of hydrogen-bond donors (Lipinski definition) is 2. The fourth-order valence-corrected chi connectivity index (χ4v) is 1.20. The number of nitro groups is 1. The highest BCUT2D eigenvalue weighted by molar-refractivity contribution is 6.31. The molecule has 0 radical (unpaired) electrons. The quantitative estimate of drug-likeness (QED) is 0.603. The molecule has 0 aliphatic carbocycles. The van der Waals surface area contributed by atoms with Crippen LogP contribution in [0.1, 0.15) is 5.56 Å². The summed E-state index contributed by atoms with van der Waals surface area (Å²) in [6.07, 6.45) is -1.38. The van der Waals surface area contributed by atoms with Crippen LogP contribution in [0.5, 0.6) is 0 Å². The highest BCUT2D eigenvalue weighted by Gasteiger charge is 2.17. The summed E-state index contributed by atoms with van der Waals surface area (Å²) < 4.78 is 0. The van der Waals surface area contributed by atoms with E-state index in [1.807, 2.05) is 5.32 Å². The molecular formula is C8H7ClN2O4. The maximum Gasteiger partial charge on any atom is 0.409 e. The molecule has 80 valence electrons. The molecule has 2 N–H and O–H groups in total. The maximum atomic E-state index is 10.6. The van der Waals surface area contributed by atoms with Crippen LogP contribution in [-0.4, -0.2) is 16.1 Å². The van der Waals surface area contributed by atoms with Crippen molar-refractivity contribution in [1.82, 2.24) is 0 Å². The normalized spacial score (nSPS) is 9.73. The Balaban J connectivity index is 3.28. The Labute approximate surface area is 89.6 Å². The summed E-state index contributed by atoms with van der Waals surface area (Å²) in [7, 11) is 0. The minimum Gasteiger partial charge on any atom is -0.465 e. The van der Waals surface area contributed by atoms with Crippen LogP contribution in [0.15, 0.2) is 12.1 Å². The Morgan fingerprint density at radius 1 is 1.60 bits per heavy atom. The van der Waals surface area contributed by atoms with Gasteiger partial charge in [-0.25, -0.2) is 4.79 Å². The molecule has 0 spiro atoms. The van der Waals surface area contributed by atoms with Gasteiger partial charge < -0.3 is 5.11 Å². The first-order valence-electron chi connectivity index (χ1n) is 3.86. The van der Waals surface area contributed by atoms with Crippen molar-refractivity contribution in [3.05, 3.63) is 32.8 Å². The molecule has 0 aliphatic rings. The van der Waals surface area contributed by atoms with Crippen molar-refractivity contribution in [2.45, 2.75) is 6.92 Å². The van der Waals surface area contributed by atoms with Gasteiger partial charge in [-0.1, -0.05) is 11.6 Å². The van der Waals surface area contributed by atoms with Crippen LogP contribution >= 0.6 is 11.6 Å². The molecule has 1 amide bonds. The largest absolute Gasteiger partial charge is 0.465 e. The minimum atomic E-state index is -1.38. The molecule has 15 heavy (non-hydrogen) atoms. The molecule has 0 saturated carbocycles. The number of aryl methyl sites for hydroxylation is 1. The van der Waals surface area contributed by atoms with Crippen LogP contribution in [0.25, 0.3) is 0 Å². The number of carboxylic acid groups (broad SMARTS) is 1. The summed E-state index contributed by atoms with van der Waals surface area (Å²) in [5.41, 5.74) is 0.0571. The van der Waals surface area contributed by atoms with Gasteiger partial charge >= 0.3 is 6.09 Å². The zero-order valence-electron chi connectivity index (χ0n) is 7.65. The van der Waals surface area contributed by atoms with E-state index < -0.39 is 11.0 Å². The fourth-order valence-electron chi connectivity index (χ4n) is 1.03. The van der Waals surface area contributed by atoms with Gasteiger partial charge in [0.1, 0.15) is 5.69 Å². The molecule has 1 aromatic rings. The predicted octanol–water partition coefficient (Wildman–Crippen LogP) is 2.65. The summed E-state index contributed by atoms with van der Waals surface area (Å²) in [6, 6.07) is 2.43. The summed E-state index contributed by atoms with van der Waals surface area (Å²) in [4.78, 5) is 20.3. The van der Waals surface area contributed by atoms with E-state index in [9.17, 15) is 14.9 Å². The van der Waals surface area contributed by atoms with Crippen LogP contribution in [0.3, 0.4) is 0 Å². The third-order valence-corrected chi connectivity index (χ3v) is 2.12. The number of benzene rings is 1. The van der Waals surface area contributed by atoms with Crippen LogP contribution in [0.2, 0.25) is 5.02 Å². The van der Waals surface area contributed by atoms with E-state index in [0.29, 0.717) is 5.56 Å². The van der Waals surface area contributed by atoms with Crippen molar-refractivity contribution >= 4 is 29.1 Å². The Kier molecular flexibility index (Phi) is 3.11. The molecule has 0 heterocycles. The van der Waals surface area contributed by atoms with Gasteiger partial charge in [-0.05, 0) is 18.6 Å². The summed E-state index contributed by atoms with van der Waals surface area (Å²) >= 11 is 5.72. The first-order valence-corrected chi connectivity index (χ1v) is 4.24. The second-order valence-corrected chi connectivity index (χ2v) is 3.21. The molecule has 0 bridgehead atoms. The van der Waals surface area contributed by atoms with Gasteiger partial charge in [0.05, 0.1) is 4.92 Å². The van der Waals surface area contributed by atoms with Gasteiger partial charge in [0.15, 0.2) is 0 Å². The summed E-state index contributed by atoms with van der Waals surface area (Å²) in [6.45, 7) is 1.60. The van der Waals surface area contributed by atoms with E-state index >= 15 is 0 Å². The lowest BCUT2D eigenvalue weighted by atomic mass is 10.2. The second kappa shape index (κ2) is 4.14. The van der Waals surface area contributed by atoms with Crippen LogP contribution in [0, 0.1) is 17.0 Å². The van der Waals surface area contributed by atoms with Gasteiger partial charge in [-0.3, -0.25) is 15.4 Å². The topological polar surface area (TPSA) is 92.5 Å². The Hall–Kier alpha value is -1.82. The van der Waals surface area contributed by atoms with E-state index in [1.54, 1.807) is 6.92 Å². The van der Waals surface area contributed by atoms with Gasteiger partial charge in [0.2, 0.25) is 0 Å². The van der Waals surface area contributed by atoms with Crippen LogP contribution < -0.4 is 5.32 Å². The number of nitro benzene ring substituents is 1. The van der Waals surface area contributed by atoms with Crippen molar-refractivity contribution in [2.24, 2.45) is 0 Å². The third kappa shape index (κ3) is 2.57. The molecule has 6 nitrogen and oxygen atoms in total. The molecule has 1 aromatic carbocycles. The Morgan fingerprint density at radius 3 is 2.67 bits per heavy atom. The lowest BCUT2D eigenvalue weighted by Gasteiger charge is -2.04. The number of amides is 1. The standard InChI is InChI=1S/C8H7ClN2O4/c1-4-2-7(11(14)15)6(3-5(4)9)10-8(12)13/h2-3,10H,1H3,(H,12,13). The number of hydrogen-bond acceptors (Lipinski definition) is 3. The van der Waals surface area contributed by atoms with Gasteiger partial charge in [-0.15, -0.1) is 0 Å². The zero-order valence-corrected chi connectivity index (χ0v) is 8.41. The Morgan fingerprint density at radius 2 is 2.20 bits per heavy atom. The second-order valence-electron chi connectivity index (χ2n) is 2.81. The number of halogens is 1. The van der Waals surface area contributed by atoms with E-state index in [0.717, 1.165) is 0 Å². The first-order chi connectivity index (χ1) is 6.91. The molecule has 0 aromatic heterocycles. The maximum absolute atomic E-state index is 10.6. The number of nitrogens with zero attached hydrogens (tertiary/aromatic N) is 1. The third-order valence-electron chi connectivity index (χ3n) is 1.72. The molecule has 0 aliphatic heterocycles. The monoisotopic (exact) mass is 230 g/mol. The SMILES string of the molecule is Cc1cc([N+](=O)[O-])c(NC(=O)O)cc1Cl. The lowest BCUT2D eigenvalue weighted by molar-refractivity contribution is -0.384. The smallest absolute Gasteiger partial charge is 0.409 e. The Bertz CT molecular complexity index is 433. The van der Waals surface area contributed by atoms with Crippen molar-refractivity contribution in [2.75, 3.05) is 5.32 Å². The predicted molar refractivity (Wildman–Crippen MR) is 54.5 cm³/mol. The zero-order chi connectivity index (χ0) is 11.6. The van der Waals surface area contributed by atoms with Gasteiger partial charge in [0, 0.05) is 11.1 Å². The van der Waals surface area contributed by atoms with E-state index in [1.165, 1.54) is 12.1 Å². The van der Waals surface area contributed by atoms with Crippen molar-refractivity contribution in [1.29, 1.82) is 0 Å². The van der Waals surface area contributed by atoms with E-state index in [-0.39, 0.29) is 16.4 Å². The average molecular weight is 231 g/mol. The highest BCUT2D eigenvalue weighted by atomic mass is 35.5. The molecule has 0 fully saturated rings. The summed E-state index contributed by atoms with van der Waals surface area (Å²) in [5, 5.41) is 21.2. The average Bonchev–Trinajstić information content (AvgIpc) is 2.09. The lowest BCUT2D eigenvalue weighted by Crippen LogP contribution is -2.09. The molecule has 1 rings (SSSR count). The molecule has 0 saturated heterocycles. The highest BCUT2D eigenvalue weighted by Crippen LogP contribution is 2.30. The number of carbonyl (C=O) groups is 1. The molecular weight excluding hydrogens is 224 g/mol. The van der Waals surface area contributed by atoms with Crippen LogP contribution in [0.4, 0.5) is 16.2 Å². The fraction of sp³-hybridized carbons (Fsp3) is 0.125. The minimum absolute atomic E-state index is 0.136. The van der Waals surface area contributed by atoms with E-state index in [2.05, 4.69) is 0 Å². The van der Waals surface area contributed by atoms with Gasteiger partial charge in [0.25, 0.3) is 5.69 Å². The molecule has 7 heteroatoms. The molecule has 0 atom stereocenters.